The molecule has 2 unspecified atom stereocenters. The molecule has 0 aliphatic heterocycles. The molecule has 1 amide bonds. The molecular weight excluding hydrogens is 298 g/mol. The Balaban J connectivity index is 2.56. The average molecular weight is 311 g/mol. The molecule has 1 N–H and O–H groups in total. The van der Waals surface area contributed by atoms with Gasteiger partial charge in [-0.05, 0) is 25.5 Å². The average Bonchev–Trinajstić information content (AvgIpc) is 2.63. The minimum Gasteiger partial charge on any atom is -0.348 e. The number of nitrogens with one attached hydrogen (secondary N) is 1. The molecular formula is C10H13BrClNOS. The molecule has 15 heavy (non-hydrogen) atoms. The number of thiophene rings is 1. The van der Waals surface area contributed by atoms with Gasteiger partial charge in [-0.2, -0.15) is 0 Å². The minimum absolute atomic E-state index is 0.0154. The first kappa shape index (κ1) is 13.0. The summed E-state index contributed by atoms with van der Waals surface area (Å²) in [5.74, 6) is 0.0227. The van der Waals surface area contributed by atoms with Gasteiger partial charge in [-0.15, -0.1) is 11.3 Å². The van der Waals surface area contributed by atoms with Crippen molar-refractivity contribution in [3.63, 3.8) is 0 Å². The normalized spacial score (nSPS) is 14.7. The van der Waals surface area contributed by atoms with E-state index < -0.39 is 0 Å². The third-order valence-electron chi connectivity index (χ3n) is 2.02. The van der Waals surface area contributed by atoms with Gasteiger partial charge in [0, 0.05) is 4.88 Å². The van der Waals surface area contributed by atoms with E-state index in [-0.39, 0.29) is 16.8 Å². The Morgan fingerprint density at radius 3 is 2.80 bits per heavy atom. The Morgan fingerprint density at radius 2 is 2.33 bits per heavy atom. The van der Waals surface area contributed by atoms with E-state index in [4.69, 9.17) is 11.6 Å². The molecule has 0 aromatic carbocycles. The molecule has 0 saturated carbocycles. The molecule has 0 saturated heterocycles. The Kier molecular flexibility index (Phi) is 5.09. The molecule has 0 bridgehead atoms. The first-order valence-electron chi connectivity index (χ1n) is 4.74. The highest BCUT2D eigenvalue weighted by molar-refractivity contribution is 9.10. The fraction of sp³-hybridized carbons (Fsp3) is 0.500. The zero-order valence-electron chi connectivity index (χ0n) is 8.59. The molecule has 1 aromatic heterocycles. The van der Waals surface area contributed by atoms with Crippen LogP contribution in [0.15, 0.2) is 12.1 Å². The topological polar surface area (TPSA) is 29.1 Å². The maximum atomic E-state index is 11.6. The summed E-state index contributed by atoms with van der Waals surface area (Å²) < 4.78 is 0.747. The molecule has 0 aliphatic carbocycles. The van der Waals surface area contributed by atoms with E-state index in [1.807, 2.05) is 26.0 Å². The van der Waals surface area contributed by atoms with E-state index >= 15 is 0 Å². The van der Waals surface area contributed by atoms with Crippen LogP contribution in [0.25, 0.3) is 0 Å². The van der Waals surface area contributed by atoms with Crippen LogP contribution in [0, 0.1) is 0 Å². The molecule has 0 aliphatic rings. The Bertz CT molecular complexity index is 342. The maximum Gasteiger partial charge on any atom is 0.234 e. The van der Waals surface area contributed by atoms with E-state index in [2.05, 4.69) is 21.2 Å². The van der Waals surface area contributed by atoms with E-state index in [0.29, 0.717) is 0 Å². The van der Waals surface area contributed by atoms with Gasteiger partial charge in [0.25, 0.3) is 0 Å². The van der Waals surface area contributed by atoms with Crippen molar-refractivity contribution in [2.45, 2.75) is 31.1 Å². The molecule has 2 atom stereocenters. The fourth-order valence-electron chi connectivity index (χ4n) is 1.12. The Labute approximate surface area is 107 Å². The van der Waals surface area contributed by atoms with Crippen LogP contribution in [-0.4, -0.2) is 10.7 Å². The van der Waals surface area contributed by atoms with E-state index in [0.717, 1.165) is 15.6 Å². The second-order valence-corrected chi connectivity index (χ2v) is 6.10. The van der Waals surface area contributed by atoms with Gasteiger partial charge in [0.1, 0.15) is 0 Å². The number of carbonyl (C=O) groups excluding carboxylic acids is 1. The van der Waals surface area contributed by atoms with Gasteiger partial charge >= 0.3 is 0 Å². The first-order chi connectivity index (χ1) is 7.04. The number of hydrogen-bond donors (Lipinski definition) is 1. The zero-order chi connectivity index (χ0) is 11.4. The van der Waals surface area contributed by atoms with Crippen molar-refractivity contribution in [2.24, 2.45) is 0 Å². The molecule has 84 valence electrons. The van der Waals surface area contributed by atoms with Crippen molar-refractivity contribution in [3.8, 4) is 0 Å². The molecule has 0 spiro atoms. The maximum absolute atomic E-state index is 11.6. The molecule has 5 heteroatoms. The number of halogens is 2. The summed E-state index contributed by atoms with van der Waals surface area (Å²) in [7, 11) is 0. The van der Waals surface area contributed by atoms with E-state index in [1.165, 1.54) is 11.3 Å². The standard InChI is InChI=1S/C10H13BrClNOS/c1-3-7(11)10(14)13-6(2)8-4-5-9(12)15-8/h4-7H,3H2,1-2H3,(H,13,14). The van der Waals surface area contributed by atoms with Gasteiger partial charge < -0.3 is 5.32 Å². The molecule has 2 nitrogen and oxygen atoms in total. The van der Waals surface area contributed by atoms with Crippen LogP contribution in [0.5, 0.6) is 0 Å². The molecule has 1 aromatic rings. The summed E-state index contributed by atoms with van der Waals surface area (Å²) in [6.07, 6.45) is 0.781. The van der Waals surface area contributed by atoms with Crippen molar-refractivity contribution in [1.82, 2.24) is 5.32 Å². The lowest BCUT2D eigenvalue weighted by Gasteiger charge is -2.14. The quantitative estimate of drug-likeness (QED) is 0.843. The summed E-state index contributed by atoms with van der Waals surface area (Å²) in [5, 5.41) is 2.93. The molecule has 1 rings (SSSR count). The largest absolute Gasteiger partial charge is 0.348 e. The predicted molar refractivity (Wildman–Crippen MR) is 68.9 cm³/mol. The Morgan fingerprint density at radius 1 is 1.67 bits per heavy atom. The second kappa shape index (κ2) is 5.87. The van der Waals surface area contributed by atoms with Crippen LogP contribution in [0.2, 0.25) is 4.34 Å². The predicted octanol–water partition coefficient (Wildman–Crippen LogP) is 3.75. The lowest BCUT2D eigenvalue weighted by molar-refractivity contribution is -0.121. The van der Waals surface area contributed by atoms with Crippen LogP contribution in [-0.2, 0) is 4.79 Å². The summed E-state index contributed by atoms with van der Waals surface area (Å²) in [5.41, 5.74) is 0. The van der Waals surface area contributed by atoms with Crippen LogP contribution in [0.3, 0.4) is 0 Å². The van der Waals surface area contributed by atoms with Crippen LogP contribution < -0.4 is 5.32 Å². The van der Waals surface area contributed by atoms with Gasteiger partial charge in [-0.1, -0.05) is 34.5 Å². The first-order valence-corrected chi connectivity index (χ1v) is 6.85. The SMILES string of the molecule is CCC(Br)C(=O)NC(C)c1ccc(Cl)s1. The second-order valence-electron chi connectivity index (χ2n) is 3.25. The van der Waals surface area contributed by atoms with Gasteiger partial charge in [0.2, 0.25) is 5.91 Å². The highest BCUT2D eigenvalue weighted by atomic mass is 79.9. The van der Waals surface area contributed by atoms with E-state index in [1.54, 1.807) is 0 Å². The molecule has 0 fully saturated rings. The van der Waals surface area contributed by atoms with Crippen molar-refractivity contribution >= 4 is 44.8 Å². The summed E-state index contributed by atoms with van der Waals surface area (Å²) >= 11 is 10.6. The van der Waals surface area contributed by atoms with Gasteiger partial charge in [0.15, 0.2) is 0 Å². The van der Waals surface area contributed by atoms with Gasteiger partial charge in [0.05, 0.1) is 15.2 Å². The van der Waals surface area contributed by atoms with Crippen molar-refractivity contribution in [2.75, 3.05) is 0 Å². The minimum atomic E-state index is -0.115. The van der Waals surface area contributed by atoms with Crippen LogP contribution in [0.4, 0.5) is 0 Å². The van der Waals surface area contributed by atoms with Gasteiger partial charge in [-0.25, -0.2) is 0 Å². The highest BCUT2D eigenvalue weighted by Gasteiger charge is 2.16. The highest BCUT2D eigenvalue weighted by Crippen LogP contribution is 2.26. The summed E-state index contributed by atoms with van der Waals surface area (Å²) in [6.45, 7) is 3.92. The smallest absolute Gasteiger partial charge is 0.234 e. The summed E-state index contributed by atoms with van der Waals surface area (Å²) in [4.78, 5) is 12.5. The summed E-state index contributed by atoms with van der Waals surface area (Å²) in [6, 6.07) is 3.80. The number of alkyl halides is 1. The number of hydrogen-bond acceptors (Lipinski definition) is 2. The van der Waals surface area contributed by atoms with Crippen molar-refractivity contribution < 1.29 is 4.79 Å². The lowest BCUT2D eigenvalue weighted by atomic mass is 10.2. The van der Waals surface area contributed by atoms with Crippen LogP contribution in [0.1, 0.15) is 31.2 Å². The van der Waals surface area contributed by atoms with Gasteiger partial charge in [-0.3, -0.25) is 4.79 Å². The monoisotopic (exact) mass is 309 g/mol. The Hall–Kier alpha value is -0.0600. The van der Waals surface area contributed by atoms with Crippen molar-refractivity contribution in [3.05, 3.63) is 21.3 Å². The van der Waals surface area contributed by atoms with Crippen molar-refractivity contribution in [1.29, 1.82) is 0 Å². The number of rotatable bonds is 4. The zero-order valence-corrected chi connectivity index (χ0v) is 11.7. The third kappa shape index (κ3) is 3.78. The van der Waals surface area contributed by atoms with E-state index in [9.17, 15) is 4.79 Å². The fourth-order valence-corrected chi connectivity index (χ4v) is 2.32. The lowest BCUT2D eigenvalue weighted by Crippen LogP contribution is -2.32. The number of carbonyl (C=O) groups is 1. The van der Waals surface area contributed by atoms with Crippen LogP contribution >= 0.6 is 38.9 Å². The third-order valence-corrected chi connectivity index (χ3v) is 4.50. The number of amides is 1. The molecule has 0 radical (unpaired) electrons. The molecule has 1 heterocycles.